The summed E-state index contributed by atoms with van der Waals surface area (Å²) < 4.78 is 5.37. The summed E-state index contributed by atoms with van der Waals surface area (Å²) in [6.45, 7) is 3.16. The predicted octanol–water partition coefficient (Wildman–Crippen LogP) is 2.69. The van der Waals surface area contributed by atoms with Crippen LogP contribution in [0.5, 0.6) is 11.5 Å². The number of phenols is 1. The molecule has 0 aliphatic heterocycles. The van der Waals surface area contributed by atoms with Crippen molar-refractivity contribution in [3.8, 4) is 11.5 Å². The van der Waals surface area contributed by atoms with Gasteiger partial charge in [0.05, 0.1) is 13.0 Å². The summed E-state index contributed by atoms with van der Waals surface area (Å²) >= 11 is 0. The van der Waals surface area contributed by atoms with E-state index in [9.17, 15) is 9.90 Å². The first-order valence-corrected chi connectivity index (χ1v) is 7.43. The van der Waals surface area contributed by atoms with Gasteiger partial charge in [0.1, 0.15) is 11.5 Å². The Bertz CT molecular complexity index is 591. The molecule has 0 saturated heterocycles. The molecule has 2 N–H and O–H groups in total. The van der Waals surface area contributed by atoms with Crippen LogP contribution in [0.2, 0.25) is 0 Å². The second-order valence-electron chi connectivity index (χ2n) is 5.02. The number of nitrogens with one attached hydrogen (secondary N) is 1. The maximum atomic E-state index is 11.9. The Morgan fingerprint density at radius 2 is 1.68 bits per heavy atom. The van der Waals surface area contributed by atoms with E-state index in [-0.39, 0.29) is 11.7 Å². The highest BCUT2D eigenvalue weighted by molar-refractivity contribution is 5.78. The van der Waals surface area contributed by atoms with Gasteiger partial charge in [-0.15, -0.1) is 0 Å². The molecule has 0 aliphatic carbocycles. The molecule has 22 heavy (non-hydrogen) atoms. The lowest BCUT2D eigenvalue weighted by molar-refractivity contribution is -0.120. The van der Waals surface area contributed by atoms with Crippen molar-refractivity contribution in [1.82, 2.24) is 5.32 Å². The normalized spacial score (nSPS) is 10.2. The van der Waals surface area contributed by atoms with Crippen molar-refractivity contribution < 1.29 is 14.6 Å². The third-order valence-corrected chi connectivity index (χ3v) is 3.27. The predicted molar refractivity (Wildman–Crippen MR) is 86.1 cm³/mol. The summed E-state index contributed by atoms with van der Waals surface area (Å²) in [7, 11) is 0. The van der Waals surface area contributed by atoms with Crippen LogP contribution in [0.25, 0.3) is 0 Å². The minimum atomic E-state index is 0.00272. The van der Waals surface area contributed by atoms with Gasteiger partial charge in [0.25, 0.3) is 0 Å². The van der Waals surface area contributed by atoms with Crippen LogP contribution in [0.4, 0.5) is 0 Å². The summed E-state index contributed by atoms with van der Waals surface area (Å²) in [4.78, 5) is 11.9. The average molecular weight is 299 g/mol. The number of phenolic OH excluding ortho intramolecular Hbond substituents is 1. The van der Waals surface area contributed by atoms with E-state index in [2.05, 4.69) is 5.32 Å². The zero-order valence-electron chi connectivity index (χ0n) is 12.7. The van der Waals surface area contributed by atoms with Crippen LogP contribution >= 0.6 is 0 Å². The minimum Gasteiger partial charge on any atom is -0.508 e. The molecule has 4 nitrogen and oxygen atoms in total. The first-order valence-electron chi connectivity index (χ1n) is 7.43. The molecule has 0 fully saturated rings. The maximum Gasteiger partial charge on any atom is 0.224 e. The molecule has 2 aromatic carbocycles. The highest BCUT2D eigenvalue weighted by Gasteiger charge is 2.03. The number of carbonyl (C=O) groups excluding carboxylic acids is 1. The molecule has 0 aromatic heterocycles. The van der Waals surface area contributed by atoms with E-state index in [1.807, 2.05) is 43.3 Å². The molecule has 0 radical (unpaired) electrons. The molecule has 0 unspecified atom stereocenters. The maximum absolute atomic E-state index is 11.9. The number of ether oxygens (including phenoxy) is 1. The van der Waals surface area contributed by atoms with E-state index in [0.29, 0.717) is 19.6 Å². The third kappa shape index (κ3) is 5.13. The van der Waals surface area contributed by atoms with E-state index < -0.39 is 0 Å². The van der Waals surface area contributed by atoms with E-state index in [4.69, 9.17) is 4.74 Å². The Morgan fingerprint density at radius 1 is 1.05 bits per heavy atom. The molecular weight excluding hydrogens is 278 g/mol. The lowest BCUT2D eigenvalue weighted by atomic mass is 10.1. The topological polar surface area (TPSA) is 58.6 Å². The molecule has 0 saturated carbocycles. The number of benzene rings is 2. The summed E-state index contributed by atoms with van der Waals surface area (Å²) in [5.41, 5.74) is 2.05. The highest BCUT2D eigenvalue weighted by atomic mass is 16.5. The number of hydrogen-bond acceptors (Lipinski definition) is 3. The molecule has 0 spiro atoms. The van der Waals surface area contributed by atoms with E-state index in [0.717, 1.165) is 23.3 Å². The van der Waals surface area contributed by atoms with Crippen LogP contribution in [-0.2, 0) is 17.6 Å². The van der Waals surface area contributed by atoms with Crippen molar-refractivity contribution in [2.24, 2.45) is 0 Å². The SMILES string of the molecule is CCOc1ccc(CC(=O)NCCc2ccc(O)cc2)cc1. The molecule has 2 rings (SSSR count). The monoisotopic (exact) mass is 299 g/mol. The molecule has 2 aromatic rings. The summed E-state index contributed by atoms with van der Waals surface area (Å²) in [5.74, 6) is 1.07. The average Bonchev–Trinajstić information content (AvgIpc) is 2.51. The van der Waals surface area contributed by atoms with Gasteiger partial charge in [0, 0.05) is 6.54 Å². The fourth-order valence-electron chi connectivity index (χ4n) is 2.13. The fraction of sp³-hybridized carbons (Fsp3) is 0.278. The second kappa shape index (κ2) is 8.08. The molecule has 0 bridgehead atoms. The van der Waals surface area contributed by atoms with Crippen molar-refractivity contribution in [2.75, 3.05) is 13.2 Å². The van der Waals surface area contributed by atoms with E-state index in [1.165, 1.54) is 0 Å². The lowest BCUT2D eigenvalue weighted by Crippen LogP contribution is -2.27. The second-order valence-corrected chi connectivity index (χ2v) is 5.02. The number of amides is 1. The van der Waals surface area contributed by atoms with Crippen LogP contribution in [0, 0.1) is 0 Å². The van der Waals surface area contributed by atoms with Gasteiger partial charge in [-0.25, -0.2) is 0 Å². The Balaban J connectivity index is 1.74. The van der Waals surface area contributed by atoms with E-state index in [1.54, 1.807) is 12.1 Å². The fourth-order valence-corrected chi connectivity index (χ4v) is 2.13. The molecule has 0 aliphatic rings. The summed E-state index contributed by atoms with van der Waals surface area (Å²) in [5, 5.41) is 12.1. The molecule has 0 heterocycles. The lowest BCUT2D eigenvalue weighted by Gasteiger charge is -2.07. The first-order chi connectivity index (χ1) is 10.7. The molecule has 1 amide bonds. The van der Waals surface area contributed by atoms with Gasteiger partial charge >= 0.3 is 0 Å². The molecule has 116 valence electrons. The van der Waals surface area contributed by atoms with Crippen LogP contribution in [0.15, 0.2) is 48.5 Å². The van der Waals surface area contributed by atoms with Crippen LogP contribution in [0.3, 0.4) is 0 Å². The van der Waals surface area contributed by atoms with Gasteiger partial charge < -0.3 is 15.2 Å². The Morgan fingerprint density at radius 3 is 2.32 bits per heavy atom. The smallest absolute Gasteiger partial charge is 0.224 e. The van der Waals surface area contributed by atoms with Gasteiger partial charge in [0.15, 0.2) is 0 Å². The van der Waals surface area contributed by atoms with Crippen molar-refractivity contribution >= 4 is 5.91 Å². The zero-order chi connectivity index (χ0) is 15.8. The summed E-state index contributed by atoms with van der Waals surface area (Å²) in [6.07, 6.45) is 1.11. The largest absolute Gasteiger partial charge is 0.508 e. The molecular formula is C18H21NO3. The highest BCUT2D eigenvalue weighted by Crippen LogP contribution is 2.12. The third-order valence-electron chi connectivity index (χ3n) is 3.27. The minimum absolute atomic E-state index is 0.00272. The van der Waals surface area contributed by atoms with Gasteiger partial charge in [-0.05, 0) is 48.7 Å². The molecule has 0 atom stereocenters. The van der Waals surface area contributed by atoms with Crippen molar-refractivity contribution in [1.29, 1.82) is 0 Å². The quantitative estimate of drug-likeness (QED) is 0.826. The van der Waals surface area contributed by atoms with Gasteiger partial charge in [-0.2, -0.15) is 0 Å². The van der Waals surface area contributed by atoms with Gasteiger partial charge in [-0.3, -0.25) is 4.79 Å². The number of rotatable bonds is 7. The standard InChI is InChI=1S/C18H21NO3/c1-2-22-17-9-5-15(6-10-17)13-18(21)19-12-11-14-3-7-16(20)8-4-14/h3-10,20H,2,11-13H2,1H3,(H,19,21). The number of carbonyl (C=O) groups is 1. The van der Waals surface area contributed by atoms with Crippen molar-refractivity contribution in [2.45, 2.75) is 19.8 Å². The Labute approximate surface area is 130 Å². The van der Waals surface area contributed by atoms with Crippen molar-refractivity contribution in [3.05, 3.63) is 59.7 Å². The van der Waals surface area contributed by atoms with Gasteiger partial charge in [0.2, 0.25) is 5.91 Å². The van der Waals surface area contributed by atoms with Crippen LogP contribution < -0.4 is 10.1 Å². The van der Waals surface area contributed by atoms with Gasteiger partial charge in [-0.1, -0.05) is 24.3 Å². The van der Waals surface area contributed by atoms with Crippen LogP contribution in [-0.4, -0.2) is 24.2 Å². The molecule has 4 heteroatoms. The van der Waals surface area contributed by atoms with Crippen molar-refractivity contribution in [3.63, 3.8) is 0 Å². The summed E-state index contributed by atoms with van der Waals surface area (Å²) in [6, 6.07) is 14.6. The first kappa shape index (κ1) is 15.9. The number of aromatic hydroxyl groups is 1. The number of hydrogen-bond donors (Lipinski definition) is 2. The van der Waals surface area contributed by atoms with E-state index >= 15 is 0 Å². The zero-order valence-corrected chi connectivity index (χ0v) is 12.7. The Hall–Kier alpha value is -2.49. The van der Waals surface area contributed by atoms with Crippen LogP contribution in [0.1, 0.15) is 18.1 Å². The Kier molecular flexibility index (Phi) is 5.83.